The lowest BCUT2D eigenvalue weighted by atomic mass is 10.1. The number of non-ortho nitro benzene ring substituents is 1. The van der Waals surface area contributed by atoms with Crippen molar-refractivity contribution in [2.75, 3.05) is 12.9 Å². The van der Waals surface area contributed by atoms with Gasteiger partial charge < -0.3 is 9.30 Å². The van der Waals surface area contributed by atoms with E-state index >= 15 is 0 Å². The summed E-state index contributed by atoms with van der Waals surface area (Å²) >= 11 is 1.11. The number of hydrogen-bond acceptors (Lipinski definition) is 8. The van der Waals surface area contributed by atoms with E-state index in [1.807, 2.05) is 0 Å². The molecule has 0 aliphatic heterocycles. The minimum Gasteiger partial charge on any atom is -0.465 e. The molecule has 12 heteroatoms. The Balaban J connectivity index is 1.99. The number of sulfone groups is 1. The number of benzene rings is 2. The fourth-order valence-corrected chi connectivity index (χ4v) is 4.58. The van der Waals surface area contributed by atoms with E-state index in [9.17, 15) is 28.1 Å². The molecular formula is C20H19N3O7S2. The minimum absolute atomic E-state index is 0.0855. The summed E-state index contributed by atoms with van der Waals surface area (Å²) in [7, 11) is -3.34. The zero-order chi connectivity index (χ0) is 23.5. The highest BCUT2D eigenvalue weighted by Gasteiger charge is 2.16. The first kappa shape index (κ1) is 23.3. The second-order valence-corrected chi connectivity index (χ2v) is 9.81. The van der Waals surface area contributed by atoms with E-state index in [-0.39, 0.29) is 35.0 Å². The maximum Gasteiger partial charge on any atom is 0.326 e. The summed E-state index contributed by atoms with van der Waals surface area (Å²) < 4.78 is 30.1. The van der Waals surface area contributed by atoms with Crippen molar-refractivity contribution in [1.82, 2.24) is 4.57 Å². The molecule has 0 unspecified atom stereocenters. The van der Waals surface area contributed by atoms with Crippen LogP contribution in [0.5, 0.6) is 0 Å². The molecule has 3 aromatic rings. The van der Waals surface area contributed by atoms with Crippen LogP contribution in [-0.4, -0.2) is 42.6 Å². The summed E-state index contributed by atoms with van der Waals surface area (Å²) in [5, 5.41) is 11.1. The van der Waals surface area contributed by atoms with Gasteiger partial charge in [0, 0.05) is 18.4 Å². The fourth-order valence-electron chi connectivity index (χ4n) is 2.92. The molecule has 0 saturated carbocycles. The number of esters is 1. The quantitative estimate of drug-likeness (QED) is 0.289. The topological polar surface area (TPSA) is 138 Å². The van der Waals surface area contributed by atoms with Gasteiger partial charge in [-0.05, 0) is 30.7 Å². The Morgan fingerprint density at radius 3 is 2.47 bits per heavy atom. The van der Waals surface area contributed by atoms with E-state index in [1.54, 1.807) is 6.92 Å². The zero-order valence-electron chi connectivity index (χ0n) is 17.2. The summed E-state index contributed by atoms with van der Waals surface area (Å²) in [5.41, 5.74) is 0.804. The van der Waals surface area contributed by atoms with Crippen LogP contribution in [0.25, 0.3) is 10.2 Å². The number of aromatic nitrogens is 1. The van der Waals surface area contributed by atoms with Gasteiger partial charge in [0.25, 0.3) is 11.6 Å². The molecule has 0 atom stereocenters. The average Bonchev–Trinajstić information content (AvgIpc) is 3.04. The predicted octanol–water partition coefficient (Wildman–Crippen LogP) is 2.25. The standard InChI is InChI=1S/C20H19N3O7S2/c1-3-30-19(25)12-22-16-11-14(23(26)27)6-9-17(16)31-20(22)21-18(24)10-13-4-7-15(8-5-13)32(2,28)29/h4-9,11H,3,10,12H2,1-2H3. The van der Waals surface area contributed by atoms with Gasteiger partial charge in [0.1, 0.15) is 6.54 Å². The summed E-state index contributed by atoms with van der Waals surface area (Å²) in [5.74, 6) is -1.08. The summed E-state index contributed by atoms with van der Waals surface area (Å²) in [6.45, 7) is 1.56. The largest absolute Gasteiger partial charge is 0.465 e. The molecule has 3 rings (SSSR count). The van der Waals surface area contributed by atoms with Gasteiger partial charge in [-0.1, -0.05) is 23.5 Å². The molecule has 2 aromatic carbocycles. The van der Waals surface area contributed by atoms with Crippen LogP contribution < -0.4 is 4.80 Å². The zero-order valence-corrected chi connectivity index (χ0v) is 18.8. The number of carbonyl (C=O) groups is 2. The van der Waals surface area contributed by atoms with E-state index in [0.29, 0.717) is 15.8 Å². The Morgan fingerprint density at radius 1 is 1.19 bits per heavy atom. The number of thiazole rings is 1. The molecule has 0 fully saturated rings. The SMILES string of the molecule is CCOC(=O)Cn1c(=NC(=O)Cc2ccc(S(C)(=O)=O)cc2)sc2ccc([N+](=O)[O-])cc21. The maximum atomic E-state index is 12.6. The molecule has 1 amide bonds. The monoisotopic (exact) mass is 477 g/mol. The summed E-state index contributed by atoms with van der Waals surface area (Å²) in [4.78, 5) is 39.7. The van der Waals surface area contributed by atoms with E-state index in [0.717, 1.165) is 17.6 Å². The molecule has 0 N–H and O–H groups in total. The first-order valence-corrected chi connectivity index (χ1v) is 12.1. The van der Waals surface area contributed by atoms with E-state index in [2.05, 4.69) is 4.99 Å². The molecule has 0 radical (unpaired) electrons. The highest BCUT2D eigenvalue weighted by molar-refractivity contribution is 7.90. The summed E-state index contributed by atoms with van der Waals surface area (Å²) in [6, 6.07) is 10.1. The third kappa shape index (κ3) is 5.45. The van der Waals surface area contributed by atoms with E-state index < -0.39 is 26.6 Å². The number of nitro groups is 1. The number of carbonyl (C=O) groups excluding carboxylic acids is 2. The lowest BCUT2D eigenvalue weighted by Gasteiger charge is -2.05. The van der Waals surface area contributed by atoms with Crippen LogP contribution in [-0.2, 0) is 37.1 Å². The van der Waals surface area contributed by atoms with Crippen LogP contribution in [0.4, 0.5) is 5.69 Å². The van der Waals surface area contributed by atoms with Crippen LogP contribution in [0.2, 0.25) is 0 Å². The molecular weight excluding hydrogens is 458 g/mol. The molecule has 0 aliphatic carbocycles. The van der Waals surface area contributed by atoms with Crippen molar-refractivity contribution >= 4 is 49.0 Å². The van der Waals surface area contributed by atoms with Crippen LogP contribution in [0.1, 0.15) is 12.5 Å². The van der Waals surface area contributed by atoms with Gasteiger partial charge in [-0.25, -0.2) is 8.42 Å². The average molecular weight is 478 g/mol. The fraction of sp³-hybridized carbons (Fsp3) is 0.250. The molecule has 1 heterocycles. The number of ether oxygens (including phenoxy) is 1. The third-order valence-electron chi connectivity index (χ3n) is 4.40. The maximum absolute atomic E-state index is 12.6. The first-order valence-electron chi connectivity index (χ1n) is 9.38. The molecule has 1 aromatic heterocycles. The number of amides is 1. The molecule has 10 nitrogen and oxygen atoms in total. The third-order valence-corrected chi connectivity index (χ3v) is 6.58. The van der Waals surface area contributed by atoms with Crippen LogP contribution in [0, 0.1) is 10.1 Å². The van der Waals surface area contributed by atoms with Crippen LogP contribution in [0.15, 0.2) is 52.4 Å². The van der Waals surface area contributed by atoms with Crippen molar-refractivity contribution in [3.63, 3.8) is 0 Å². The number of nitrogens with zero attached hydrogens (tertiary/aromatic N) is 3. The molecule has 0 bridgehead atoms. The van der Waals surface area contributed by atoms with Crippen molar-refractivity contribution in [3.8, 4) is 0 Å². The van der Waals surface area contributed by atoms with Crippen molar-refractivity contribution in [2.45, 2.75) is 24.8 Å². The second kappa shape index (κ2) is 9.40. The Morgan fingerprint density at radius 2 is 1.88 bits per heavy atom. The molecule has 168 valence electrons. The van der Waals surface area contributed by atoms with Crippen LogP contribution in [0.3, 0.4) is 0 Å². The lowest BCUT2D eigenvalue weighted by molar-refractivity contribution is -0.384. The van der Waals surface area contributed by atoms with Gasteiger partial charge in [0.2, 0.25) is 0 Å². The molecule has 0 spiro atoms. The number of rotatable bonds is 7. The van der Waals surface area contributed by atoms with E-state index in [1.165, 1.54) is 47.0 Å². The number of hydrogen-bond donors (Lipinski definition) is 0. The molecule has 0 saturated heterocycles. The van der Waals surface area contributed by atoms with Gasteiger partial charge in [0.05, 0.1) is 33.1 Å². The first-order chi connectivity index (χ1) is 15.1. The number of nitro benzene ring substituents is 1. The lowest BCUT2D eigenvalue weighted by Crippen LogP contribution is -2.23. The highest BCUT2D eigenvalue weighted by Crippen LogP contribution is 2.23. The molecule has 32 heavy (non-hydrogen) atoms. The van der Waals surface area contributed by atoms with Gasteiger partial charge >= 0.3 is 5.97 Å². The molecule has 0 aliphatic rings. The normalized spacial score (nSPS) is 12.1. The van der Waals surface area contributed by atoms with Gasteiger partial charge in [-0.2, -0.15) is 4.99 Å². The van der Waals surface area contributed by atoms with Crippen molar-refractivity contribution in [2.24, 2.45) is 4.99 Å². The van der Waals surface area contributed by atoms with Gasteiger partial charge in [0.15, 0.2) is 14.6 Å². The minimum atomic E-state index is -3.34. The van der Waals surface area contributed by atoms with E-state index in [4.69, 9.17) is 4.74 Å². The van der Waals surface area contributed by atoms with Crippen LogP contribution >= 0.6 is 11.3 Å². The number of fused-ring (bicyclic) bond motifs is 1. The van der Waals surface area contributed by atoms with Crippen molar-refractivity contribution in [3.05, 3.63) is 62.9 Å². The Kier molecular flexibility index (Phi) is 6.84. The van der Waals surface area contributed by atoms with Crippen molar-refractivity contribution < 1.29 is 27.7 Å². The second-order valence-electron chi connectivity index (χ2n) is 6.78. The van der Waals surface area contributed by atoms with Gasteiger partial charge in [-0.15, -0.1) is 0 Å². The highest BCUT2D eigenvalue weighted by atomic mass is 32.2. The Hall–Kier alpha value is -3.38. The van der Waals surface area contributed by atoms with Crippen molar-refractivity contribution in [1.29, 1.82) is 0 Å². The van der Waals surface area contributed by atoms with Gasteiger partial charge in [-0.3, -0.25) is 19.7 Å². The summed E-state index contributed by atoms with van der Waals surface area (Å²) in [6.07, 6.45) is 1.01. The smallest absolute Gasteiger partial charge is 0.326 e. The Labute approximate surface area is 186 Å². The Bertz CT molecular complexity index is 1370. The predicted molar refractivity (Wildman–Crippen MR) is 117 cm³/mol.